The summed E-state index contributed by atoms with van der Waals surface area (Å²) in [6.07, 6.45) is 3.24. The van der Waals surface area contributed by atoms with Crippen molar-refractivity contribution in [1.82, 2.24) is 10.2 Å². The minimum absolute atomic E-state index is 0.0604. The van der Waals surface area contributed by atoms with E-state index in [0.717, 1.165) is 43.9 Å². The first-order valence-electron chi connectivity index (χ1n) is 5.63. The second-order valence-corrected chi connectivity index (χ2v) is 5.97. The lowest BCUT2D eigenvalue weighted by atomic mass is 10.1. The van der Waals surface area contributed by atoms with Crippen molar-refractivity contribution in [1.29, 1.82) is 0 Å². The van der Waals surface area contributed by atoms with Crippen molar-refractivity contribution in [3.05, 3.63) is 0 Å². The van der Waals surface area contributed by atoms with E-state index in [9.17, 15) is 9.00 Å². The van der Waals surface area contributed by atoms with Crippen LogP contribution in [-0.4, -0.2) is 46.3 Å². The van der Waals surface area contributed by atoms with Crippen LogP contribution in [-0.2, 0) is 10.8 Å². The monoisotopic (exact) mass is 230 g/mol. The van der Waals surface area contributed by atoms with Crippen LogP contribution in [0.3, 0.4) is 0 Å². The molecule has 0 saturated carbocycles. The van der Waals surface area contributed by atoms with Crippen LogP contribution in [0, 0.1) is 5.92 Å². The van der Waals surface area contributed by atoms with Gasteiger partial charge in [0.05, 0.1) is 0 Å². The maximum atomic E-state index is 11.6. The number of carbonyl (C=O) groups excluding carboxylic acids is 1. The Labute approximate surface area is 92.9 Å². The van der Waals surface area contributed by atoms with E-state index in [1.807, 2.05) is 4.90 Å². The Morgan fingerprint density at radius 3 is 2.73 bits per heavy atom. The van der Waals surface area contributed by atoms with Crippen molar-refractivity contribution in [2.24, 2.45) is 5.92 Å². The van der Waals surface area contributed by atoms with Gasteiger partial charge in [0.15, 0.2) is 0 Å². The molecule has 0 spiro atoms. The Balaban J connectivity index is 1.68. The molecule has 4 nitrogen and oxygen atoms in total. The zero-order valence-corrected chi connectivity index (χ0v) is 9.72. The molecule has 0 bridgehead atoms. The lowest BCUT2D eigenvalue weighted by molar-refractivity contribution is 0.207. The van der Waals surface area contributed by atoms with Gasteiger partial charge in [-0.3, -0.25) is 4.21 Å². The van der Waals surface area contributed by atoms with E-state index < -0.39 is 10.8 Å². The fourth-order valence-electron chi connectivity index (χ4n) is 2.15. The Morgan fingerprint density at radius 1 is 1.40 bits per heavy atom. The molecule has 2 rings (SSSR count). The third kappa shape index (κ3) is 2.93. The molecule has 2 heterocycles. The number of hydrogen-bond donors (Lipinski definition) is 1. The minimum atomic E-state index is -0.634. The Morgan fingerprint density at radius 2 is 2.13 bits per heavy atom. The van der Waals surface area contributed by atoms with Gasteiger partial charge in [-0.25, -0.2) is 4.79 Å². The van der Waals surface area contributed by atoms with Crippen molar-refractivity contribution in [3.63, 3.8) is 0 Å². The lowest BCUT2D eigenvalue weighted by Gasteiger charge is -2.17. The summed E-state index contributed by atoms with van der Waals surface area (Å²) in [4.78, 5) is 13.5. The van der Waals surface area contributed by atoms with Gasteiger partial charge in [-0.1, -0.05) is 0 Å². The van der Waals surface area contributed by atoms with Crippen molar-refractivity contribution in [2.45, 2.75) is 19.3 Å². The lowest BCUT2D eigenvalue weighted by Crippen LogP contribution is -2.40. The number of likely N-dealkylation sites (tertiary alicyclic amines) is 1. The number of nitrogens with zero attached hydrogens (tertiary/aromatic N) is 1. The van der Waals surface area contributed by atoms with E-state index >= 15 is 0 Å². The fraction of sp³-hybridized carbons (Fsp3) is 0.900. The van der Waals surface area contributed by atoms with E-state index in [1.165, 1.54) is 0 Å². The third-order valence-electron chi connectivity index (χ3n) is 3.11. The van der Waals surface area contributed by atoms with Crippen molar-refractivity contribution >= 4 is 16.8 Å². The highest BCUT2D eigenvalue weighted by atomic mass is 32.2. The average Bonchev–Trinajstić information content (AvgIpc) is 2.84. The standard InChI is InChI=1S/C10H18N2O2S/c13-10(12-4-1-2-5-12)11-7-9-3-6-15(14)8-9/h9H,1-8H2,(H,11,13). The number of amides is 2. The molecule has 2 unspecified atom stereocenters. The van der Waals surface area contributed by atoms with Gasteiger partial charge in [0, 0.05) is 41.9 Å². The molecular formula is C10H18N2O2S. The van der Waals surface area contributed by atoms with Crippen molar-refractivity contribution in [2.75, 3.05) is 31.1 Å². The summed E-state index contributed by atoms with van der Waals surface area (Å²) in [5.41, 5.74) is 0. The first-order chi connectivity index (χ1) is 7.25. The normalized spacial score (nSPS) is 30.8. The predicted octanol–water partition coefficient (Wildman–Crippen LogP) is 0.560. The van der Waals surface area contributed by atoms with Gasteiger partial charge in [-0.15, -0.1) is 0 Å². The van der Waals surface area contributed by atoms with Crippen LogP contribution in [0.15, 0.2) is 0 Å². The molecular weight excluding hydrogens is 212 g/mol. The molecule has 2 atom stereocenters. The smallest absolute Gasteiger partial charge is 0.317 e. The number of urea groups is 1. The van der Waals surface area contributed by atoms with Crippen LogP contribution in [0.25, 0.3) is 0 Å². The molecule has 15 heavy (non-hydrogen) atoms. The Kier molecular flexibility index (Phi) is 3.61. The predicted molar refractivity (Wildman–Crippen MR) is 60.2 cm³/mol. The van der Waals surface area contributed by atoms with Gasteiger partial charge in [0.2, 0.25) is 0 Å². The Hall–Kier alpha value is -0.580. The molecule has 86 valence electrons. The molecule has 1 N–H and O–H groups in total. The summed E-state index contributed by atoms with van der Waals surface area (Å²) in [6, 6.07) is 0.0604. The molecule has 0 aliphatic carbocycles. The van der Waals surface area contributed by atoms with Gasteiger partial charge in [-0.2, -0.15) is 0 Å². The van der Waals surface area contributed by atoms with Crippen LogP contribution in [0.5, 0.6) is 0 Å². The van der Waals surface area contributed by atoms with Crippen molar-refractivity contribution in [3.8, 4) is 0 Å². The maximum absolute atomic E-state index is 11.6. The molecule has 0 radical (unpaired) electrons. The molecule has 2 fully saturated rings. The first-order valence-corrected chi connectivity index (χ1v) is 7.12. The SMILES string of the molecule is O=C(NCC1CCS(=O)C1)N1CCCC1. The van der Waals surface area contributed by atoms with Crippen LogP contribution < -0.4 is 5.32 Å². The number of nitrogens with one attached hydrogen (secondary N) is 1. The molecule has 0 aromatic carbocycles. The fourth-order valence-corrected chi connectivity index (χ4v) is 3.73. The molecule has 2 amide bonds. The highest BCUT2D eigenvalue weighted by molar-refractivity contribution is 7.85. The van der Waals surface area contributed by atoms with E-state index in [1.54, 1.807) is 0 Å². The molecule has 0 aromatic heterocycles. The second kappa shape index (κ2) is 4.96. The first kappa shape index (κ1) is 10.9. The largest absolute Gasteiger partial charge is 0.338 e. The van der Waals surface area contributed by atoms with Gasteiger partial charge < -0.3 is 10.2 Å². The summed E-state index contributed by atoms with van der Waals surface area (Å²) in [7, 11) is -0.634. The van der Waals surface area contributed by atoms with Gasteiger partial charge >= 0.3 is 6.03 Å². The molecule has 2 aliphatic rings. The molecule has 2 aliphatic heterocycles. The zero-order chi connectivity index (χ0) is 10.7. The summed E-state index contributed by atoms with van der Waals surface area (Å²) >= 11 is 0. The summed E-state index contributed by atoms with van der Waals surface area (Å²) in [5.74, 6) is 2.00. The quantitative estimate of drug-likeness (QED) is 0.753. The molecule has 0 aromatic rings. The van der Waals surface area contributed by atoms with Crippen LogP contribution in [0.1, 0.15) is 19.3 Å². The van der Waals surface area contributed by atoms with Gasteiger partial charge in [0.25, 0.3) is 0 Å². The number of hydrogen-bond acceptors (Lipinski definition) is 2. The minimum Gasteiger partial charge on any atom is -0.338 e. The van der Waals surface area contributed by atoms with E-state index in [2.05, 4.69) is 5.32 Å². The highest BCUT2D eigenvalue weighted by Crippen LogP contribution is 2.14. The maximum Gasteiger partial charge on any atom is 0.317 e. The summed E-state index contributed by atoms with van der Waals surface area (Å²) in [6.45, 7) is 2.48. The zero-order valence-electron chi connectivity index (χ0n) is 8.91. The topological polar surface area (TPSA) is 49.4 Å². The summed E-state index contributed by atoms with van der Waals surface area (Å²) in [5, 5.41) is 2.94. The summed E-state index contributed by atoms with van der Waals surface area (Å²) < 4.78 is 11.1. The van der Waals surface area contributed by atoms with Gasteiger partial charge in [0.1, 0.15) is 0 Å². The van der Waals surface area contributed by atoms with Crippen LogP contribution >= 0.6 is 0 Å². The average molecular weight is 230 g/mol. The van der Waals surface area contributed by atoms with E-state index in [0.29, 0.717) is 12.5 Å². The van der Waals surface area contributed by atoms with Crippen LogP contribution in [0.4, 0.5) is 4.79 Å². The van der Waals surface area contributed by atoms with Crippen molar-refractivity contribution < 1.29 is 9.00 Å². The highest BCUT2D eigenvalue weighted by Gasteiger charge is 2.23. The van der Waals surface area contributed by atoms with E-state index in [-0.39, 0.29) is 6.03 Å². The van der Waals surface area contributed by atoms with Gasteiger partial charge in [-0.05, 0) is 25.2 Å². The number of rotatable bonds is 2. The van der Waals surface area contributed by atoms with E-state index in [4.69, 9.17) is 0 Å². The second-order valence-electron chi connectivity index (χ2n) is 4.35. The molecule has 2 saturated heterocycles. The molecule has 5 heteroatoms. The van der Waals surface area contributed by atoms with Crippen LogP contribution in [0.2, 0.25) is 0 Å². The Bertz CT molecular complexity index is 264. The number of carbonyl (C=O) groups is 1. The third-order valence-corrected chi connectivity index (χ3v) is 4.64.